The van der Waals surface area contributed by atoms with Gasteiger partial charge in [0, 0.05) is 12.6 Å². The van der Waals surface area contributed by atoms with Crippen LogP contribution in [-0.4, -0.2) is 25.2 Å². The highest BCUT2D eigenvalue weighted by molar-refractivity contribution is 5.99. The number of benzene rings is 2. The molecule has 2 aromatic rings. The van der Waals surface area contributed by atoms with Crippen molar-refractivity contribution in [2.75, 3.05) is 18.1 Å². The highest BCUT2D eigenvalue weighted by Crippen LogP contribution is 2.36. The van der Waals surface area contributed by atoms with Gasteiger partial charge in [-0.1, -0.05) is 18.2 Å². The Morgan fingerprint density at radius 3 is 2.81 bits per heavy atom. The van der Waals surface area contributed by atoms with Crippen molar-refractivity contribution in [1.29, 1.82) is 0 Å². The lowest BCUT2D eigenvalue weighted by Gasteiger charge is -2.33. The molecule has 1 heterocycles. The van der Waals surface area contributed by atoms with Gasteiger partial charge in [0.2, 0.25) is 0 Å². The van der Waals surface area contributed by atoms with Gasteiger partial charge in [-0.05, 0) is 62.6 Å². The van der Waals surface area contributed by atoms with Gasteiger partial charge < -0.3 is 20.1 Å². The van der Waals surface area contributed by atoms with Gasteiger partial charge in [-0.3, -0.25) is 4.79 Å². The Morgan fingerprint density at radius 2 is 2.08 bits per heavy atom. The standard InChI is InChI=1S/C21H26N2O3/c1-14-6-4-7-18(12-14)25-11-5-10-23-19-13-17(15(2)22)8-9-20(19)26-16(3)21(23)24/h4,6-9,12-13,15-16H,5,10-11,22H2,1-3H3. The molecule has 0 saturated heterocycles. The van der Waals surface area contributed by atoms with Crippen molar-refractivity contribution in [2.24, 2.45) is 5.73 Å². The van der Waals surface area contributed by atoms with Gasteiger partial charge in [0.25, 0.3) is 5.91 Å². The Balaban J connectivity index is 1.68. The number of carbonyl (C=O) groups excluding carboxylic acids is 1. The SMILES string of the molecule is Cc1cccc(OCCCN2C(=O)C(C)Oc3ccc(C(C)N)cc32)c1. The van der Waals surface area contributed by atoms with E-state index in [1.807, 2.05) is 56.3 Å². The van der Waals surface area contributed by atoms with E-state index < -0.39 is 6.10 Å². The van der Waals surface area contributed by atoms with Crippen LogP contribution in [0.4, 0.5) is 5.69 Å². The van der Waals surface area contributed by atoms with Crippen molar-refractivity contribution in [3.63, 3.8) is 0 Å². The monoisotopic (exact) mass is 354 g/mol. The molecule has 0 radical (unpaired) electrons. The predicted octanol–water partition coefficient (Wildman–Crippen LogP) is 3.60. The smallest absolute Gasteiger partial charge is 0.267 e. The van der Waals surface area contributed by atoms with Gasteiger partial charge in [-0.15, -0.1) is 0 Å². The van der Waals surface area contributed by atoms with Crippen LogP contribution in [0, 0.1) is 6.92 Å². The molecule has 0 aromatic heterocycles. The summed E-state index contributed by atoms with van der Waals surface area (Å²) in [6.45, 7) is 6.86. The van der Waals surface area contributed by atoms with Gasteiger partial charge in [-0.25, -0.2) is 0 Å². The molecular formula is C21H26N2O3. The lowest BCUT2D eigenvalue weighted by molar-refractivity contribution is -0.125. The number of rotatable bonds is 6. The van der Waals surface area contributed by atoms with Gasteiger partial charge in [0.05, 0.1) is 12.3 Å². The van der Waals surface area contributed by atoms with Crippen LogP contribution in [0.5, 0.6) is 11.5 Å². The van der Waals surface area contributed by atoms with Crippen LogP contribution >= 0.6 is 0 Å². The maximum absolute atomic E-state index is 12.6. The Bertz CT molecular complexity index is 789. The fourth-order valence-electron chi connectivity index (χ4n) is 3.06. The molecule has 1 amide bonds. The minimum Gasteiger partial charge on any atom is -0.494 e. The summed E-state index contributed by atoms with van der Waals surface area (Å²) in [6.07, 6.45) is 0.246. The van der Waals surface area contributed by atoms with Crippen LogP contribution in [0.2, 0.25) is 0 Å². The van der Waals surface area contributed by atoms with E-state index in [4.69, 9.17) is 15.2 Å². The second kappa shape index (κ2) is 7.79. The summed E-state index contributed by atoms with van der Waals surface area (Å²) in [4.78, 5) is 14.4. The molecule has 2 N–H and O–H groups in total. The molecule has 2 unspecified atom stereocenters. The first-order valence-electron chi connectivity index (χ1n) is 9.02. The van der Waals surface area contributed by atoms with E-state index in [-0.39, 0.29) is 11.9 Å². The van der Waals surface area contributed by atoms with E-state index >= 15 is 0 Å². The van der Waals surface area contributed by atoms with Crippen molar-refractivity contribution in [2.45, 2.75) is 39.3 Å². The van der Waals surface area contributed by atoms with Crippen molar-refractivity contribution in [3.8, 4) is 11.5 Å². The van der Waals surface area contributed by atoms with E-state index in [0.29, 0.717) is 13.2 Å². The molecule has 5 heteroatoms. The first kappa shape index (κ1) is 18.3. The maximum atomic E-state index is 12.6. The minimum atomic E-state index is -0.485. The van der Waals surface area contributed by atoms with Crippen LogP contribution in [0.15, 0.2) is 42.5 Å². The molecule has 0 fully saturated rings. The van der Waals surface area contributed by atoms with E-state index in [1.54, 1.807) is 11.8 Å². The summed E-state index contributed by atoms with van der Waals surface area (Å²) in [7, 11) is 0. The van der Waals surface area contributed by atoms with E-state index in [0.717, 1.165) is 34.7 Å². The summed E-state index contributed by atoms with van der Waals surface area (Å²) < 4.78 is 11.5. The Hall–Kier alpha value is -2.53. The normalized spacial score (nSPS) is 17.5. The van der Waals surface area contributed by atoms with Crippen LogP contribution in [0.3, 0.4) is 0 Å². The topological polar surface area (TPSA) is 64.8 Å². The lowest BCUT2D eigenvalue weighted by Crippen LogP contribution is -2.45. The summed E-state index contributed by atoms with van der Waals surface area (Å²) >= 11 is 0. The van der Waals surface area contributed by atoms with Crippen LogP contribution in [0.25, 0.3) is 0 Å². The second-order valence-electron chi connectivity index (χ2n) is 6.78. The zero-order chi connectivity index (χ0) is 18.7. The quantitative estimate of drug-likeness (QED) is 0.805. The lowest BCUT2D eigenvalue weighted by atomic mass is 10.1. The average molecular weight is 354 g/mol. The van der Waals surface area contributed by atoms with Gasteiger partial charge in [-0.2, -0.15) is 0 Å². The highest BCUT2D eigenvalue weighted by Gasteiger charge is 2.31. The van der Waals surface area contributed by atoms with Crippen LogP contribution < -0.4 is 20.1 Å². The van der Waals surface area contributed by atoms with E-state index in [1.165, 1.54) is 0 Å². The van der Waals surface area contributed by atoms with Gasteiger partial charge in [0.1, 0.15) is 11.5 Å². The molecule has 5 nitrogen and oxygen atoms in total. The molecule has 0 saturated carbocycles. The van der Waals surface area contributed by atoms with Crippen molar-refractivity contribution < 1.29 is 14.3 Å². The molecule has 1 aliphatic heterocycles. The minimum absolute atomic E-state index is 0.0325. The largest absolute Gasteiger partial charge is 0.494 e. The summed E-state index contributed by atoms with van der Waals surface area (Å²) in [5.41, 5.74) is 8.92. The fourth-order valence-corrected chi connectivity index (χ4v) is 3.06. The number of nitrogens with two attached hydrogens (primary N) is 1. The Morgan fingerprint density at radius 1 is 1.27 bits per heavy atom. The third-order valence-corrected chi connectivity index (χ3v) is 4.50. The molecule has 0 aliphatic carbocycles. The molecule has 0 spiro atoms. The number of anilines is 1. The molecule has 2 atom stereocenters. The van der Waals surface area contributed by atoms with Crippen molar-refractivity contribution in [3.05, 3.63) is 53.6 Å². The molecule has 138 valence electrons. The molecule has 2 aromatic carbocycles. The first-order chi connectivity index (χ1) is 12.5. The maximum Gasteiger partial charge on any atom is 0.267 e. The van der Waals surface area contributed by atoms with Crippen molar-refractivity contribution in [1.82, 2.24) is 0 Å². The first-order valence-corrected chi connectivity index (χ1v) is 9.02. The number of nitrogens with zero attached hydrogens (tertiary/aromatic N) is 1. The Kier molecular flexibility index (Phi) is 5.47. The summed E-state index contributed by atoms with van der Waals surface area (Å²) in [6, 6.07) is 13.7. The number of fused-ring (bicyclic) bond motifs is 1. The molecular weight excluding hydrogens is 328 g/mol. The van der Waals surface area contributed by atoms with Crippen molar-refractivity contribution >= 4 is 11.6 Å². The third kappa shape index (κ3) is 3.99. The van der Waals surface area contributed by atoms with Gasteiger partial charge >= 0.3 is 0 Å². The van der Waals surface area contributed by atoms with Crippen LogP contribution in [-0.2, 0) is 4.79 Å². The zero-order valence-electron chi connectivity index (χ0n) is 15.6. The number of hydrogen-bond acceptors (Lipinski definition) is 4. The molecule has 0 bridgehead atoms. The van der Waals surface area contributed by atoms with E-state index in [2.05, 4.69) is 0 Å². The Labute approximate surface area is 154 Å². The number of ether oxygens (including phenoxy) is 2. The number of amides is 1. The molecule has 26 heavy (non-hydrogen) atoms. The number of aryl methyl sites for hydroxylation is 1. The summed E-state index contributed by atoms with van der Waals surface area (Å²) in [5, 5.41) is 0. The van der Waals surface area contributed by atoms with Gasteiger partial charge in [0.15, 0.2) is 6.10 Å². The molecule has 1 aliphatic rings. The van der Waals surface area contributed by atoms with Crippen LogP contribution in [0.1, 0.15) is 37.4 Å². The second-order valence-corrected chi connectivity index (χ2v) is 6.78. The number of carbonyl (C=O) groups is 1. The highest BCUT2D eigenvalue weighted by atomic mass is 16.5. The average Bonchev–Trinajstić information content (AvgIpc) is 2.61. The fraction of sp³-hybridized carbons (Fsp3) is 0.381. The third-order valence-electron chi connectivity index (χ3n) is 4.50. The number of hydrogen-bond donors (Lipinski definition) is 1. The zero-order valence-corrected chi connectivity index (χ0v) is 15.6. The molecule has 3 rings (SSSR count). The predicted molar refractivity (Wildman–Crippen MR) is 103 cm³/mol. The van der Waals surface area contributed by atoms with E-state index in [9.17, 15) is 4.79 Å². The summed E-state index contributed by atoms with van der Waals surface area (Å²) in [5.74, 6) is 1.54.